The van der Waals surface area contributed by atoms with Crippen molar-refractivity contribution >= 4 is 11.7 Å². The first kappa shape index (κ1) is 16.2. The summed E-state index contributed by atoms with van der Waals surface area (Å²) < 4.78 is 5.72. The average Bonchev–Trinajstić information content (AvgIpc) is 2.58. The second kappa shape index (κ2) is 7.30. The second-order valence-electron chi connectivity index (χ2n) is 6.91. The molecule has 0 amide bonds. The predicted octanol–water partition coefficient (Wildman–Crippen LogP) is 3.10. The van der Waals surface area contributed by atoms with Gasteiger partial charge in [0.25, 0.3) is 0 Å². The maximum atomic E-state index is 10.5. The minimum atomic E-state index is -0.777. The number of ether oxygens (including phenoxy) is 1. The van der Waals surface area contributed by atoms with Crippen LogP contribution in [0.4, 0.5) is 5.69 Å². The molecule has 1 spiro atoms. The molecule has 0 aromatic carbocycles. The third-order valence-electron chi connectivity index (χ3n) is 5.51. The number of anilines is 1. The second-order valence-corrected chi connectivity index (χ2v) is 6.91. The van der Waals surface area contributed by atoms with E-state index in [0.29, 0.717) is 12.0 Å². The van der Waals surface area contributed by atoms with Crippen molar-refractivity contribution in [3.8, 4) is 0 Å². The summed E-state index contributed by atoms with van der Waals surface area (Å²) in [6, 6.07) is 4.18. The van der Waals surface area contributed by atoms with Crippen LogP contribution in [0.2, 0.25) is 0 Å². The molecule has 2 fully saturated rings. The van der Waals surface area contributed by atoms with Crippen molar-refractivity contribution in [2.75, 3.05) is 24.6 Å². The van der Waals surface area contributed by atoms with Crippen LogP contribution in [0, 0.1) is 5.41 Å². The zero-order valence-electron chi connectivity index (χ0n) is 13.6. The Labute approximate surface area is 137 Å². The summed E-state index contributed by atoms with van der Waals surface area (Å²) in [6.07, 6.45) is 11.2. The van der Waals surface area contributed by atoms with Crippen LogP contribution < -0.4 is 4.90 Å². The number of carboxylic acid groups (broad SMARTS) is 1. The fraction of sp³-hybridized carbons (Fsp3) is 0.667. The molecule has 2 aliphatic rings. The molecule has 5 nitrogen and oxygen atoms in total. The SMILES string of the molecule is O=C(O)CCOC1CCC2(CC1)CCN(c1ccncc1)CC2. The summed E-state index contributed by atoms with van der Waals surface area (Å²) in [5.74, 6) is -0.777. The van der Waals surface area contributed by atoms with E-state index in [1.807, 2.05) is 12.4 Å². The standard InChI is InChI=1S/C18H26N2O3/c21-17(22)5-14-23-16-1-6-18(7-2-16)8-12-20(13-9-18)15-3-10-19-11-4-15/h3-4,10-11,16H,1-2,5-9,12-14H2,(H,21,22). The molecule has 1 aromatic heterocycles. The Morgan fingerprint density at radius 2 is 1.87 bits per heavy atom. The highest BCUT2D eigenvalue weighted by Gasteiger charge is 2.38. The van der Waals surface area contributed by atoms with Crippen LogP contribution in [-0.2, 0) is 9.53 Å². The van der Waals surface area contributed by atoms with Crippen LogP contribution in [0.5, 0.6) is 0 Å². The van der Waals surface area contributed by atoms with Crippen LogP contribution in [0.3, 0.4) is 0 Å². The van der Waals surface area contributed by atoms with Crippen LogP contribution in [0.25, 0.3) is 0 Å². The summed E-state index contributed by atoms with van der Waals surface area (Å²) >= 11 is 0. The van der Waals surface area contributed by atoms with Crippen molar-refractivity contribution in [1.82, 2.24) is 4.98 Å². The summed E-state index contributed by atoms with van der Waals surface area (Å²) in [6.45, 7) is 2.59. The molecule has 0 bridgehead atoms. The van der Waals surface area contributed by atoms with Crippen molar-refractivity contribution in [2.24, 2.45) is 5.41 Å². The van der Waals surface area contributed by atoms with Gasteiger partial charge in [0.15, 0.2) is 0 Å². The lowest BCUT2D eigenvalue weighted by Gasteiger charge is -2.46. The number of aliphatic carboxylic acids is 1. The lowest BCUT2D eigenvalue weighted by molar-refractivity contribution is -0.139. The number of piperidine rings is 1. The quantitative estimate of drug-likeness (QED) is 0.904. The number of carbonyl (C=O) groups is 1. The number of aromatic nitrogens is 1. The lowest BCUT2D eigenvalue weighted by atomic mass is 9.67. The van der Waals surface area contributed by atoms with Crippen LogP contribution in [0.1, 0.15) is 44.9 Å². The van der Waals surface area contributed by atoms with Crippen LogP contribution in [-0.4, -0.2) is 41.9 Å². The first-order chi connectivity index (χ1) is 11.2. The molecule has 23 heavy (non-hydrogen) atoms. The van der Waals surface area contributed by atoms with E-state index in [9.17, 15) is 4.79 Å². The van der Waals surface area contributed by atoms with Crippen LogP contribution >= 0.6 is 0 Å². The maximum Gasteiger partial charge on any atom is 0.305 e. The molecular formula is C18H26N2O3. The first-order valence-corrected chi connectivity index (χ1v) is 8.65. The smallest absolute Gasteiger partial charge is 0.305 e. The van der Waals surface area contributed by atoms with E-state index in [4.69, 9.17) is 9.84 Å². The average molecular weight is 318 g/mol. The van der Waals surface area contributed by atoms with Crippen molar-refractivity contribution in [3.63, 3.8) is 0 Å². The summed E-state index contributed by atoms with van der Waals surface area (Å²) in [7, 11) is 0. The molecule has 0 radical (unpaired) electrons. The molecule has 1 aliphatic heterocycles. The minimum Gasteiger partial charge on any atom is -0.481 e. The molecule has 1 saturated carbocycles. The molecule has 1 saturated heterocycles. The van der Waals surface area contributed by atoms with Gasteiger partial charge in [-0.25, -0.2) is 0 Å². The van der Waals surface area contributed by atoms with Gasteiger partial charge in [-0.05, 0) is 56.1 Å². The Hall–Kier alpha value is -1.62. The van der Waals surface area contributed by atoms with Crippen molar-refractivity contribution in [3.05, 3.63) is 24.5 Å². The van der Waals surface area contributed by atoms with Gasteiger partial charge in [-0.3, -0.25) is 9.78 Å². The molecule has 3 rings (SSSR count). The third kappa shape index (κ3) is 4.22. The van der Waals surface area contributed by atoms with Crippen molar-refractivity contribution in [2.45, 2.75) is 51.0 Å². The number of pyridine rings is 1. The van der Waals surface area contributed by atoms with E-state index < -0.39 is 5.97 Å². The molecule has 2 heterocycles. The molecule has 0 unspecified atom stereocenters. The number of hydrogen-bond acceptors (Lipinski definition) is 4. The number of carboxylic acids is 1. The number of nitrogens with zero attached hydrogens (tertiary/aromatic N) is 2. The Bertz CT molecular complexity index is 502. The fourth-order valence-corrected chi connectivity index (χ4v) is 3.98. The maximum absolute atomic E-state index is 10.5. The normalized spacial score (nSPS) is 21.5. The van der Waals surface area contributed by atoms with E-state index in [1.165, 1.54) is 31.4 Å². The summed E-state index contributed by atoms with van der Waals surface area (Å²) in [5, 5.41) is 8.67. The van der Waals surface area contributed by atoms with Crippen molar-refractivity contribution < 1.29 is 14.6 Å². The third-order valence-corrected chi connectivity index (χ3v) is 5.51. The zero-order valence-corrected chi connectivity index (χ0v) is 13.6. The van der Waals surface area contributed by atoms with Gasteiger partial charge in [-0.1, -0.05) is 0 Å². The highest BCUT2D eigenvalue weighted by molar-refractivity contribution is 5.66. The topological polar surface area (TPSA) is 62.7 Å². The van der Waals surface area contributed by atoms with Crippen LogP contribution in [0.15, 0.2) is 24.5 Å². The summed E-state index contributed by atoms with van der Waals surface area (Å²) in [5.41, 5.74) is 1.76. The fourth-order valence-electron chi connectivity index (χ4n) is 3.98. The largest absolute Gasteiger partial charge is 0.481 e. The summed E-state index contributed by atoms with van der Waals surface area (Å²) in [4.78, 5) is 17.1. The van der Waals surface area contributed by atoms with E-state index in [-0.39, 0.29) is 12.5 Å². The molecule has 1 N–H and O–H groups in total. The van der Waals surface area contributed by atoms with Gasteiger partial charge in [-0.15, -0.1) is 0 Å². The molecule has 5 heteroatoms. The Balaban J connectivity index is 1.44. The lowest BCUT2D eigenvalue weighted by Crippen LogP contribution is -2.43. The highest BCUT2D eigenvalue weighted by Crippen LogP contribution is 2.45. The van der Waals surface area contributed by atoms with Gasteiger partial charge in [0.05, 0.1) is 19.1 Å². The van der Waals surface area contributed by atoms with E-state index >= 15 is 0 Å². The van der Waals surface area contributed by atoms with Crippen molar-refractivity contribution in [1.29, 1.82) is 0 Å². The van der Waals surface area contributed by atoms with Gasteiger partial charge >= 0.3 is 5.97 Å². The molecule has 1 aromatic rings. The van der Waals surface area contributed by atoms with E-state index in [2.05, 4.69) is 22.0 Å². The molecule has 1 aliphatic carbocycles. The van der Waals surface area contributed by atoms with Gasteiger partial charge in [0.2, 0.25) is 0 Å². The minimum absolute atomic E-state index is 0.114. The van der Waals surface area contributed by atoms with Gasteiger partial charge in [0, 0.05) is 31.2 Å². The van der Waals surface area contributed by atoms with E-state index in [0.717, 1.165) is 25.9 Å². The van der Waals surface area contributed by atoms with Gasteiger partial charge in [0.1, 0.15) is 0 Å². The highest BCUT2D eigenvalue weighted by atomic mass is 16.5. The predicted molar refractivity (Wildman–Crippen MR) is 88.6 cm³/mol. The molecule has 126 valence electrons. The Morgan fingerprint density at radius 1 is 1.22 bits per heavy atom. The Kier molecular flexibility index (Phi) is 5.16. The molecule has 0 atom stereocenters. The first-order valence-electron chi connectivity index (χ1n) is 8.65. The number of rotatable bonds is 5. The monoisotopic (exact) mass is 318 g/mol. The van der Waals surface area contributed by atoms with E-state index in [1.54, 1.807) is 0 Å². The Morgan fingerprint density at radius 3 is 2.48 bits per heavy atom. The zero-order chi connectivity index (χ0) is 16.1. The molecular weight excluding hydrogens is 292 g/mol. The van der Waals surface area contributed by atoms with Gasteiger partial charge < -0.3 is 14.7 Å². The number of hydrogen-bond donors (Lipinski definition) is 1. The van der Waals surface area contributed by atoms with Gasteiger partial charge in [-0.2, -0.15) is 0 Å².